The highest BCUT2D eigenvalue weighted by Crippen LogP contribution is 2.19. The fourth-order valence-electron chi connectivity index (χ4n) is 2.32. The average Bonchev–Trinajstić information content (AvgIpc) is 2.52. The molecule has 0 saturated heterocycles. The van der Waals surface area contributed by atoms with Crippen LogP contribution in [-0.2, 0) is 4.79 Å². The van der Waals surface area contributed by atoms with E-state index in [-0.39, 0.29) is 11.7 Å². The maximum Gasteiger partial charge on any atom is 0.242 e. The second-order valence-corrected chi connectivity index (χ2v) is 5.38. The maximum atomic E-state index is 13.4. The molecule has 6 heteroatoms. The quantitative estimate of drug-likeness (QED) is 0.768. The van der Waals surface area contributed by atoms with E-state index in [1.54, 1.807) is 43.5 Å². The number of halogens is 1. The van der Waals surface area contributed by atoms with Crippen molar-refractivity contribution >= 4 is 11.6 Å². The Morgan fingerprint density at radius 1 is 1.26 bits per heavy atom. The van der Waals surface area contributed by atoms with Crippen LogP contribution in [0, 0.1) is 5.82 Å². The SMILES string of the molecule is CN(C)[C@@H](C(=O)NCCNc1cccnc1)c1cccc(F)c1. The Bertz CT molecular complexity index is 634. The van der Waals surface area contributed by atoms with E-state index in [0.29, 0.717) is 18.7 Å². The molecule has 0 radical (unpaired) electrons. The van der Waals surface area contributed by atoms with Gasteiger partial charge in [0.15, 0.2) is 0 Å². The van der Waals surface area contributed by atoms with Gasteiger partial charge >= 0.3 is 0 Å². The number of carbonyl (C=O) groups is 1. The molecule has 0 spiro atoms. The molecule has 0 saturated carbocycles. The van der Waals surface area contributed by atoms with Gasteiger partial charge in [0.2, 0.25) is 5.91 Å². The number of aromatic nitrogens is 1. The predicted octanol–water partition coefficient (Wildman–Crippen LogP) is 2.05. The first-order chi connectivity index (χ1) is 11.1. The lowest BCUT2D eigenvalue weighted by Gasteiger charge is -2.24. The topological polar surface area (TPSA) is 57.3 Å². The lowest BCUT2D eigenvalue weighted by Crippen LogP contribution is -2.39. The summed E-state index contributed by atoms with van der Waals surface area (Å²) in [6, 6.07) is 9.34. The second kappa shape index (κ2) is 8.24. The van der Waals surface area contributed by atoms with Gasteiger partial charge in [0.25, 0.3) is 0 Å². The van der Waals surface area contributed by atoms with Crippen molar-refractivity contribution in [2.45, 2.75) is 6.04 Å². The number of hydrogen-bond donors (Lipinski definition) is 2. The van der Waals surface area contributed by atoms with Crippen LogP contribution in [0.2, 0.25) is 0 Å². The van der Waals surface area contributed by atoms with Gasteiger partial charge in [-0.1, -0.05) is 12.1 Å². The van der Waals surface area contributed by atoms with Gasteiger partial charge in [-0.15, -0.1) is 0 Å². The number of rotatable bonds is 7. The minimum absolute atomic E-state index is 0.159. The second-order valence-electron chi connectivity index (χ2n) is 5.38. The molecule has 2 N–H and O–H groups in total. The van der Waals surface area contributed by atoms with Crippen LogP contribution < -0.4 is 10.6 Å². The van der Waals surface area contributed by atoms with Gasteiger partial charge in [0.1, 0.15) is 11.9 Å². The Morgan fingerprint density at radius 3 is 2.74 bits per heavy atom. The smallest absolute Gasteiger partial charge is 0.242 e. The Morgan fingerprint density at radius 2 is 2.09 bits per heavy atom. The van der Waals surface area contributed by atoms with Crippen LogP contribution in [0.4, 0.5) is 10.1 Å². The zero-order valence-corrected chi connectivity index (χ0v) is 13.3. The summed E-state index contributed by atoms with van der Waals surface area (Å²) in [5.41, 5.74) is 1.53. The van der Waals surface area contributed by atoms with E-state index in [0.717, 1.165) is 5.69 Å². The molecule has 2 aromatic rings. The highest BCUT2D eigenvalue weighted by atomic mass is 19.1. The number of benzene rings is 1. The zero-order valence-electron chi connectivity index (χ0n) is 13.3. The molecule has 1 atom stereocenters. The molecule has 122 valence electrons. The van der Waals surface area contributed by atoms with Gasteiger partial charge < -0.3 is 10.6 Å². The monoisotopic (exact) mass is 316 g/mol. The molecule has 1 aromatic heterocycles. The third-order valence-corrected chi connectivity index (χ3v) is 3.34. The lowest BCUT2D eigenvalue weighted by molar-refractivity contribution is -0.125. The maximum absolute atomic E-state index is 13.4. The molecule has 5 nitrogen and oxygen atoms in total. The average molecular weight is 316 g/mol. The molecule has 2 rings (SSSR count). The van der Waals surface area contributed by atoms with Crippen molar-refractivity contribution in [3.8, 4) is 0 Å². The van der Waals surface area contributed by atoms with E-state index < -0.39 is 6.04 Å². The fraction of sp³-hybridized carbons (Fsp3) is 0.294. The number of nitrogens with zero attached hydrogens (tertiary/aromatic N) is 2. The fourth-order valence-corrected chi connectivity index (χ4v) is 2.32. The molecule has 23 heavy (non-hydrogen) atoms. The van der Waals surface area contributed by atoms with Crippen LogP contribution in [0.5, 0.6) is 0 Å². The molecular formula is C17H21FN4O. The van der Waals surface area contributed by atoms with Gasteiger partial charge in [-0.05, 0) is 43.9 Å². The number of amides is 1. The van der Waals surface area contributed by atoms with E-state index in [2.05, 4.69) is 15.6 Å². The number of carbonyl (C=O) groups excluding carboxylic acids is 1. The van der Waals surface area contributed by atoms with Gasteiger partial charge in [-0.3, -0.25) is 14.7 Å². The van der Waals surface area contributed by atoms with E-state index >= 15 is 0 Å². The summed E-state index contributed by atoms with van der Waals surface area (Å²) in [7, 11) is 3.59. The number of pyridine rings is 1. The van der Waals surface area contributed by atoms with Crippen molar-refractivity contribution in [2.75, 3.05) is 32.5 Å². The molecule has 0 bridgehead atoms. The van der Waals surface area contributed by atoms with Crippen LogP contribution in [0.15, 0.2) is 48.8 Å². The van der Waals surface area contributed by atoms with Crippen molar-refractivity contribution in [3.63, 3.8) is 0 Å². The molecule has 0 aliphatic rings. The van der Waals surface area contributed by atoms with Crippen molar-refractivity contribution in [2.24, 2.45) is 0 Å². The largest absolute Gasteiger partial charge is 0.382 e. The van der Waals surface area contributed by atoms with Gasteiger partial charge in [-0.25, -0.2) is 4.39 Å². The first-order valence-electron chi connectivity index (χ1n) is 7.41. The van der Waals surface area contributed by atoms with Crippen LogP contribution >= 0.6 is 0 Å². The van der Waals surface area contributed by atoms with E-state index in [4.69, 9.17) is 0 Å². The summed E-state index contributed by atoms with van der Waals surface area (Å²) in [6.45, 7) is 1.05. The molecule has 0 fully saturated rings. The van der Waals surface area contributed by atoms with Crippen molar-refractivity contribution in [1.29, 1.82) is 0 Å². The standard InChI is InChI=1S/C17H21FN4O/c1-22(2)16(13-5-3-6-14(18)11-13)17(23)21-10-9-20-15-7-4-8-19-12-15/h3-8,11-12,16,20H,9-10H2,1-2H3,(H,21,23)/t16-/m1/s1. The van der Waals surface area contributed by atoms with Gasteiger partial charge in [0, 0.05) is 25.5 Å². The number of anilines is 1. The normalized spacial score (nSPS) is 12.0. The number of likely N-dealkylation sites (N-methyl/N-ethyl adjacent to an activating group) is 1. The van der Waals surface area contributed by atoms with E-state index in [1.807, 2.05) is 12.1 Å². The highest BCUT2D eigenvalue weighted by Gasteiger charge is 2.22. The summed E-state index contributed by atoms with van der Waals surface area (Å²) in [6.07, 6.45) is 3.42. The van der Waals surface area contributed by atoms with E-state index in [9.17, 15) is 9.18 Å². The van der Waals surface area contributed by atoms with Crippen molar-refractivity contribution in [3.05, 3.63) is 60.2 Å². The van der Waals surface area contributed by atoms with Crippen molar-refractivity contribution in [1.82, 2.24) is 15.2 Å². The third kappa shape index (κ3) is 5.03. The molecule has 0 aliphatic carbocycles. The van der Waals surface area contributed by atoms with Crippen LogP contribution in [0.1, 0.15) is 11.6 Å². The molecule has 1 aromatic carbocycles. The first-order valence-corrected chi connectivity index (χ1v) is 7.41. The first kappa shape index (κ1) is 16.9. The summed E-state index contributed by atoms with van der Waals surface area (Å²) in [5, 5.41) is 6.03. The van der Waals surface area contributed by atoms with Gasteiger partial charge in [0.05, 0.1) is 5.69 Å². The summed E-state index contributed by atoms with van der Waals surface area (Å²) in [4.78, 5) is 18.2. The van der Waals surface area contributed by atoms with Gasteiger partial charge in [-0.2, -0.15) is 0 Å². The van der Waals surface area contributed by atoms with Crippen LogP contribution in [0.25, 0.3) is 0 Å². The summed E-state index contributed by atoms with van der Waals surface area (Å²) >= 11 is 0. The molecule has 0 aliphatic heterocycles. The Labute approximate surface area is 135 Å². The predicted molar refractivity (Wildman–Crippen MR) is 88.6 cm³/mol. The summed E-state index contributed by atoms with van der Waals surface area (Å²) < 4.78 is 13.4. The Balaban J connectivity index is 1.89. The van der Waals surface area contributed by atoms with Crippen molar-refractivity contribution < 1.29 is 9.18 Å². The Kier molecular flexibility index (Phi) is 6.05. The summed E-state index contributed by atoms with van der Waals surface area (Å²) in [5.74, 6) is -0.506. The highest BCUT2D eigenvalue weighted by molar-refractivity contribution is 5.83. The molecular weight excluding hydrogens is 295 g/mol. The minimum Gasteiger partial charge on any atom is -0.382 e. The van der Waals surface area contributed by atoms with Crippen LogP contribution in [0.3, 0.4) is 0 Å². The molecule has 0 unspecified atom stereocenters. The zero-order chi connectivity index (χ0) is 16.7. The number of nitrogens with one attached hydrogen (secondary N) is 2. The Hall–Kier alpha value is -2.47. The third-order valence-electron chi connectivity index (χ3n) is 3.34. The number of hydrogen-bond acceptors (Lipinski definition) is 4. The lowest BCUT2D eigenvalue weighted by atomic mass is 10.1. The molecule has 1 amide bonds. The van der Waals surface area contributed by atoms with E-state index in [1.165, 1.54) is 12.1 Å². The minimum atomic E-state index is -0.524. The molecule has 1 heterocycles. The van der Waals surface area contributed by atoms with Crippen LogP contribution in [-0.4, -0.2) is 43.0 Å².